The Labute approximate surface area is 193 Å². The summed E-state index contributed by atoms with van der Waals surface area (Å²) in [6, 6.07) is 4.94. The molecule has 174 valence electrons. The first kappa shape index (κ1) is 24.3. The summed E-state index contributed by atoms with van der Waals surface area (Å²) in [4.78, 5) is 42.4. The van der Waals surface area contributed by atoms with Crippen LogP contribution in [0.1, 0.15) is 57.3 Å². The van der Waals surface area contributed by atoms with Crippen molar-refractivity contribution in [1.82, 2.24) is 14.9 Å². The molecule has 3 atom stereocenters. The molecule has 1 fully saturated rings. The van der Waals surface area contributed by atoms with E-state index in [2.05, 4.69) is 24.1 Å². The van der Waals surface area contributed by atoms with Crippen molar-refractivity contribution < 1.29 is 14.3 Å². The maximum Gasteiger partial charge on any atom is 0.337 e. The van der Waals surface area contributed by atoms with Crippen molar-refractivity contribution in [2.24, 2.45) is 17.8 Å². The lowest BCUT2D eigenvalue weighted by Gasteiger charge is -2.34. The number of carbonyl (C=O) groups excluding carboxylic acids is 2. The quantitative estimate of drug-likeness (QED) is 0.384. The minimum Gasteiger partial charge on any atom is -0.465 e. The summed E-state index contributed by atoms with van der Waals surface area (Å²) >= 11 is 1.26. The summed E-state index contributed by atoms with van der Waals surface area (Å²) in [6.45, 7) is 9.01. The molecule has 3 unspecified atom stereocenters. The predicted molar refractivity (Wildman–Crippen MR) is 127 cm³/mol. The van der Waals surface area contributed by atoms with Crippen molar-refractivity contribution in [3.05, 3.63) is 34.1 Å². The Kier molecular flexibility index (Phi) is 7.98. The average molecular weight is 460 g/mol. The number of nitrogens with one attached hydrogen (secondary N) is 1. The molecule has 1 aliphatic rings. The van der Waals surface area contributed by atoms with Crippen LogP contribution in [0.4, 0.5) is 0 Å². The third-order valence-corrected chi connectivity index (χ3v) is 7.25. The van der Waals surface area contributed by atoms with Crippen LogP contribution in [-0.2, 0) is 16.1 Å². The maximum absolute atomic E-state index is 13.2. The summed E-state index contributed by atoms with van der Waals surface area (Å²) < 4.78 is 6.41. The van der Waals surface area contributed by atoms with Crippen LogP contribution in [0.5, 0.6) is 0 Å². The van der Waals surface area contributed by atoms with E-state index in [1.54, 1.807) is 22.8 Å². The fourth-order valence-corrected chi connectivity index (χ4v) is 5.07. The summed E-state index contributed by atoms with van der Waals surface area (Å²) in [5.41, 5.74) is 0.593. The van der Waals surface area contributed by atoms with Gasteiger partial charge in [-0.05, 0) is 42.4 Å². The minimum absolute atomic E-state index is 0.0466. The second kappa shape index (κ2) is 10.5. The van der Waals surface area contributed by atoms with Gasteiger partial charge in [-0.1, -0.05) is 52.3 Å². The molecule has 0 aliphatic heterocycles. The van der Waals surface area contributed by atoms with E-state index in [1.165, 1.54) is 25.3 Å². The lowest BCUT2D eigenvalue weighted by Crippen LogP contribution is -2.44. The highest BCUT2D eigenvalue weighted by Gasteiger charge is 2.28. The molecule has 0 bridgehead atoms. The van der Waals surface area contributed by atoms with Gasteiger partial charge in [-0.15, -0.1) is 0 Å². The standard InChI is InChI=1S/C24H33N3O4S/c1-14(2)12-27-22(29)18-10-9-17(23(30)31-5)11-20(18)26-24(27)32-13-21(28)25-19-8-6-7-15(3)16(19)4/h9-11,14-16,19H,6-8,12-13H2,1-5H3,(H,25,28). The normalized spacial score (nSPS) is 21.0. The van der Waals surface area contributed by atoms with Crippen LogP contribution in [0, 0.1) is 17.8 Å². The molecule has 1 aromatic carbocycles. The zero-order chi connectivity index (χ0) is 23.4. The van der Waals surface area contributed by atoms with Gasteiger partial charge in [0.05, 0.1) is 29.3 Å². The van der Waals surface area contributed by atoms with Gasteiger partial charge >= 0.3 is 5.97 Å². The number of benzene rings is 1. The second-order valence-electron chi connectivity index (χ2n) is 9.16. The average Bonchev–Trinajstić information content (AvgIpc) is 2.76. The van der Waals surface area contributed by atoms with E-state index in [0.717, 1.165) is 12.8 Å². The third-order valence-electron chi connectivity index (χ3n) is 6.27. The molecule has 3 rings (SSSR count). The molecule has 1 saturated carbocycles. The topological polar surface area (TPSA) is 90.3 Å². The molecule has 1 N–H and O–H groups in total. The predicted octanol–water partition coefficient (Wildman–Crippen LogP) is 3.87. The van der Waals surface area contributed by atoms with Gasteiger partial charge in [0.25, 0.3) is 5.56 Å². The zero-order valence-electron chi connectivity index (χ0n) is 19.5. The molecule has 2 aromatic rings. The Hall–Kier alpha value is -2.35. The van der Waals surface area contributed by atoms with Gasteiger partial charge in [-0.3, -0.25) is 14.2 Å². The number of esters is 1. The fourth-order valence-electron chi connectivity index (χ4n) is 4.25. The minimum atomic E-state index is -0.482. The highest BCUT2D eigenvalue weighted by Crippen LogP contribution is 2.29. The number of methoxy groups -OCH3 is 1. The molecule has 0 radical (unpaired) electrons. The van der Waals surface area contributed by atoms with Crippen LogP contribution in [0.25, 0.3) is 10.9 Å². The van der Waals surface area contributed by atoms with Gasteiger partial charge in [0.1, 0.15) is 0 Å². The molecule has 7 nitrogen and oxygen atoms in total. The summed E-state index contributed by atoms with van der Waals surface area (Å²) in [7, 11) is 1.31. The molecule has 1 heterocycles. The molecule has 0 spiro atoms. The number of hydrogen-bond donors (Lipinski definition) is 1. The van der Waals surface area contributed by atoms with Crippen molar-refractivity contribution in [2.75, 3.05) is 12.9 Å². The third kappa shape index (κ3) is 5.52. The first-order chi connectivity index (χ1) is 15.2. The van der Waals surface area contributed by atoms with E-state index in [9.17, 15) is 14.4 Å². The van der Waals surface area contributed by atoms with Crippen LogP contribution in [0.3, 0.4) is 0 Å². The lowest BCUT2D eigenvalue weighted by atomic mass is 9.78. The SMILES string of the molecule is COC(=O)c1ccc2c(=O)n(CC(C)C)c(SCC(=O)NC3CCCC(C)C3C)nc2c1. The van der Waals surface area contributed by atoms with Gasteiger partial charge in [0, 0.05) is 12.6 Å². The Morgan fingerprint density at radius 2 is 2.03 bits per heavy atom. The smallest absolute Gasteiger partial charge is 0.337 e. The van der Waals surface area contributed by atoms with Crippen LogP contribution >= 0.6 is 11.8 Å². The Morgan fingerprint density at radius 3 is 2.72 bits per heavy atom. The van der Waals surface area contributed by atoms with Crippen LogP contribution < -0.4 is 10.9 Å². The van der Waals surface area contributed by atoms with Gasteiger partial charge < -0.3 is 10.1 Å². The number of hydrogen-bond acceptors (Lipinski definition) is 6. The van der Waals surface area contributed by atoms with E-state index in [4.69, 9.17) is 4.74 Å². The van der Waals surface area contributed by atoms with Gasteiger partial charge in [0.2, 0.25) is 5.91 Å². The van der Waals surface area contributed by atoms with Crippen LogP contribution in [-0.4, -0.2) is 40.3 Å². The molecule has 8 heteroatoms. The van der Waals surface area contributed by atoms with Crippen molar-refractivity contribution in [1.29, 1.82) is 0 Å². The van der Waals surface area contributed by atoms with Crippen LogP contribution in [0.2, 0.25) is 0 Å². The number of fused-ring (bicyclic) bond motifs is 1. The van der Waals surface area contributed by atoms with E-state index < -0.39 is 5.97 Å². The number of ether oxygens (including phenoxy) is 1. The molecule has 1 amide bonds. The molecule has 32 heavy (non-hydrogen) atoms. The molecule has 1 aliphatic carbocycles. The van der Waals surface area contributed by atoms with Gasteiger partial charge in [-0.2, -0.15) is 0 Å². The van der Waals surface area contributed by atoms with E-state index in [0.29, 0.717) is 40.0 Å². The molecule has 0 saturated heterocycles. The maximum atomic E-state index is 13.2. The highest BCUT2D eigenvalue weighted by atomic mass is 32.2. The Balaban J connectivity index is 1.85. The second-order valence-corrected chi connectivity index (χ2v) is 10.1. The number of nitrogens with zero attached hydrogens (tertiary/aromatic N) is 2. The lowest BCUT2D eigenvalue weighted by molar-refractivity contribution is -0.120. The van der Waals surface area contributed by atoms with E-state index >= 15 is 0 Å². The van der Waals surface area contributed by atoms with E-state index in [-0.39, 0.29) is 29.2 Å². The Bertz CT molecular complexity index is 1050. The monoisotopic (exact) mass is 459 g/mol. The summed E-state index contributed by atoms with van der Waals surface area (Å²) in [5, 5.41) is 4.10. The highest BCUT2D eigenvalue weighted by molar-refractivity contribution is 7.99. The largest absolute Gasteiger partial charge is 0.465 e. The molecular weight excluding hydrogens is 426 g/mol. The number of carbonyl (C=O) groups is 2. The number of thioether (sulfide) groups is 1. The summed E-state index contributed by atoms with van der Waals surface area (Å²) in [6.07, 6.45) is 3.34. The number of amides is 1. The summed E-state index contributed by atoms with van der Waals surface area (Å²) in [5.74, 6) is 0.944. The number of rotatable bonds is 7. The first-order valence-electron chi connectivity index (χ1n) is 11.3. The van der Waals surface area contributed by atoms with Gasteiger partial charge in [-0.25, -0.2) is 9.78 Å². The van der Waals surface area contributed by atoms with Crippen molar-refractivity contribution >= 4 is 34.5 Å². The number of aromatic nitrogens is 2. The molecular formula is C24H33N3O4S. The Morgan fingerprint density at radius 1 is 1.28 bits per heavy atom. The van der Waals surface area contributed by atoms with Crippen LogP contribution in [0.15, 0.2) is 28.2 Å². The van der Waals surface area contributed by atoms with Gasteiger partial charge in [0.15, 0.2) is 5.16 Å². The van der Waals surface area contributed by atoms with E-state index in [1.807, 2.05) is 13.8 Å². The zero-order valence-corrected chi connectivity index (χ0v) is 20.3. The van der Waals surface area contributed by atoms with Crippen molar-refractivity contribution in [3.63, 3.8) is 0 Å². The van der Waals surface area contributed by atoms with Crippen molar-refractivity contribution in [3.8, 4) is 0 Å². The van der Waals surface area contributed by atoms with Crippen molar-refractivity contribution in [2.45, 2.75) is 64.7 Å². The molecule has 1 aromatic heterocycles. The first-order valence-corrected chi connectivity index (χ1v) is 12.2. The fraction of sp³-hybridized carbons (Fsp3) is 0.583.